The van der Waals surface area contributed by atoms with Crippen LogP contribution in [0.15, 0.2) is 76.7 Å². The van der Waals surface area contributed by atoms with Crippen LogP contribution in [-0.4, -0.2) is 11.0 Å². The van der Waals surface area contributed by atoms with Gasteiger partial charge in [-0.2, -0.15) is 0 Å². The highest BCUT2D eigenvalue weighted by molar-refractivity contribution is 8.00. The fourth-order valence-corrected chi connectivity index (χ4v) is 3.92. The van der Waals surface area contributed by atoms with Crippen LogP contribution >= 0.6 is 11.8 Å². The van der Waals surface area contributed by atoms with Crippen LogP contribution in [-0.2, 0) is 11.2 Å². The van der Waals surface area contributed by atoms with Gasteiger partial charge in [-0.25, -0.2) is 0 Å². The molecule has 2 heteroatoms. The van der Waals surface area contributed by atoms with E-state index in [-0.39, 0.29) is 5.25 Å². The summed E-state index contributed by atoms with van der Waals surface area (Å²) in [4.78, 5) is 13.8. The van der Waals surface area contributed by atoms with Gasteiger partial charge in [0, 0.05) is 11.3 Å². The van der Waals surface area contributed by atoms with Crippen molar-refractivity contribution in [2.75, 3.05) is 0 Å². The van der Waals surface area contributed by atoms with Crippen LogP contribution in [0.25, 0.3) is 0 Å². The van der Waals surface area contributed by atoms with Gasteiger partial charge in [-0.1, -0.05) is 54.1 Å². The zero-order valence-corrected chi connectivity index (χ0v) is 12.9. The van der Waals surface area contributed by atoms with E-state index in [0.29, 0.717) is 5.78 Å². The van der Waals surface area contributed by atoms with Crippen LogP contribution in [0.1, 0.15) is 18.9 Å². The SMILES string of the molecule is CC1=C(Cc2ccccc2)C(=O)C(Sc2ccccc2)C1. The molecule has 21 heavy (non-hydrogen) atoms. The van der Waals surface area contributed by atoms with Crippen molar-refractivity contribution in [1.82, 2.24) is 0 Å². The maximum absolute atomic E-state index is 12.6. The van der Waals surface area contributed by atoms with Crippen LogP contribution in [0, 0.1) is 0 Å². The first-order chi connectivity index (χ1) is 10.2. The van der Waals surface area contributed by atoms with Crippen LogP contribution < -0.4 is 0 Å². The van der Waals surface area contributed by atoms with E-state index >= 15 is 0 Å². The number of hydrogen-bond donors (Lipinski definition) is 0. The summed E-state index contributed by atoms with van der Waals surface area (Å²) in [6.45, 7) is 2.10. The molecule has 0 heterocycles. The molecule has 1 nitrogen and oxygen atoms in total. The van der Waals surface area contributed by atoms with E-state index in [1.807, 2.05) is 36.4 Å². The molecule has 1 unspecified atom stereocenters. The van der Waals surface area contributed by atoms with Crippen LogP contribution in [0.3, 0.4) is 0 Å². The Morgan fingerprint density at radius 2 is 1.62 bits per heavy atom. The fraction of sp³-hybridized carbons (Fsp3) is 0.211. The number of carbonyl (C=O) groups is 1. The van der Waals surface area contributed by atoms with Crippen LogP contribution in [0.5, 0.6) is 0 Å². The molecule has 0 amide bonds. The number of hydrogen-bond acceptors (Lipinski definition) is 2. The fourth-order valence-electron chi connectivity index (χ4n) is 2.70. The van der Waals surface area contributed by atoms with Crippen LogP contribution in [0.4, 0.5) is 0 Å². The Labute approximate surface area is 130 Å². The van der Waals surface area contributed by atoms with Gasteiger partial charge >= 0.3 is 0 Å². The molecule has 2 aromatic rings. The van der Waals surface area contributed by atoms with Crippen molar-refractivity contribution in [1.29, 1.82) is 0 Å². The molecular weight excluding hydrogens is 276 g/mol. The molecule has 0 aliphatic heterocycles. The number of rotatable bonds is 4. The molecule has 2 aromatic carbocycles. The van der Waals surface area contributed by atoms with E-state index in [2.05, 4.69) is 31.2 Å². The van der Waals surface area contributed by atoms with E-state index in [1.54, 1.807) is 11.8 Å². The van der Waals surface area contributed by atoms with Gasteiger partial charge in [0.25, 0.3) is 0 Å². The van der Waals surface area contributed by atoms with E-state index < -0.39 is 0 Å². The highest BCUT2D eigenvalue weighted by atomic mass is 32.2. The van der Waals surface area contributed by atoms with Gasteiger partial charge in [-0.05, 0) is 36.6 Å². The number of allylic oxidation sites excluding steroid dienone is 2. The molecule has 0 bridgehead atoms. The van der Waals surface area contributed by atoms with Gasteiger partial charge in [-0.3, -0.25) is 4.79 Å². The average molecular weight is 294 g/mol. The summed E-state index contributed by atoms with van der Waals surface area (Å²) in [6, 6.07) is 20.4. The molecule has 1 aliphatic carbocycles. The molecule has 0 saturated heterocycles. The van der Waals surface area contributed by atoms with E-state index in [9.17, 15) is 4.79 Å². The minimum absolute atomic E-state index is 0.0473. The molecule has 0 spiro atoms. The first-order valence-corrected chi connectivity index (χ1v) is 8.10. The maximum Gasteiger partial charge on any atom is 0.172 e. The predicted octanol–water partition coefficient (Wildman–Crippen LogP) is 4.68. The normalized spacial score (nSPS) is 18.3. The summed E-state index contributed by atoms with van der Waals surface area (Å²) in [7, 11) is 0. The smallest absolute Gasteiger partial charge is 0.172 e. The van der Waals surface area contributed by atoms with Crippen molar-refractivity contribution in [3.8, 4) is 0 Å². The lowest BCUT2D eigenvalue weighted by atomic mass is 10.0. The summed E-state index contributed by atoms with van der Waals surface area (Å²) in [5.41, 5.74) is 3.47. The summed E-state index contributed by atoms with van der Waals surface area (Å²) < 4.78 is 0. The number of Topliss-reactive ketones (excluding diaryl/α,β-unsaturated/α-hetero) is 1. The molecule has 3 rings (SSSR count). The minimum atomic E-state index is 0.0473. The van der Waals surface area contributed by atoms with Gasteiger partial charge in [0.1, 0.15) is 0 Å². The molecule has 0 radical (unpaired) electrons. The second-order valence-corrected chi connectivity index (χ2v) is 6.69. The summed E-state index contributed by atoms with van der Waals surface area (Å²) in [5.74, 6) is 0.310. The number of carbonyl (C=O) groups excluding carboxylic acids is 1. The maximum atomic E-state index is 12.6. The Morgan fingerprint density at radius 3 is 2.29 bits per heavy atom. The average Bonchev–Trinajstić information content (AvgIpc) is 2.77. The first-order valence-electron chi connectivity index (χ1n) is 7.22. The lowest BCUT2D eigenvalue weighted by Crippen LogP contribution is -2.13. The summed E-state index contributed by atoms with van der Waals surface area (Å²) in [6.07, 6.45) is 1.64. The Kier molecular flexibility index (Phi) is 4.26. The second-order valence-electron chi connectivity index (χ2n) is 5.41. The molecule has 0 saturated carbocycles. The highest BCUT2D eigenvalue weighted by Crippen LogP contribution is 2.36. The molecule has 1 aliphatic rings. The third kappa shape index (κ3) is 3.27. The monoisotopic (exact) mass is 294 g/mol. The Balaban J connectivity index is 1.72. The third-order valence-corrected chi connectivity index (χ3v) is 5.05. The van der Waals surface area contributed by atoms with Crippen LogP contribution in [0.2, 0.25) is 0 Å². The van der Waals surface area contributed by atoms with E-state index in [1.165, 1.54) is 16.0 Å². The van der Waals surface area contributed by atoms with Gasteiger partial charge < -0.3 is 0 Å². The lowest BCUT2D eigenvalue weighted by molar-refractivity contribution is -0.114. The van der Waals surface area contributed by atoms with Gasteiger partial charge in [0.15, 0.2) is 5.78 Å². The Hall–Kier alpha value is -1.80. The number of benzene rings is 2. The summed E-state index contributed by atoms with van der Waals surface area (Å²) in [5, 5.41) is 0.0473. The number of ketones is 1. The zero-order valence-electron chi connectivity index (χ0n) is 12.1. The van der Waals surface area contributed by atoms with E-state index in [4.69, 9.17) is 0 Å². The largest absolute Gasteiger partial charge is 0.293 e. The minimum Gasteiger partial charge on any atom is -0.293 e. The van der Waals surface area contributed by atoms with Crippen molar-refractivity contribution in [2.24, 2.45) is 0 Å². The zero-order chi connectivity index (χ0) is 14.7. The Bertz CT molecular complexity index is 658. The highest BCUT2D eigenvalue weighted by Gasteiger charge is 2.31. The third-order valence-electron chi connectivity index (χ3n) is 3.84. The predicted molar refractivity (Wildman–Crippen MR) is 88.6 cm³/mol. The second kappa shape index (κ2) is 6.31. The standard InChI is InChI=1S/C19H18OS/c1-14-12-18(21-16-10-6-3-7-11-16)19(20)17(14)13-15-8-4-2-5-9-15/h2-11,18H,12-13H2,1H3. The first kappa shape index (κ1) is 14.2. The van der Waals surface area contributed by atoms with Gasteiger partial charge in [0.05, 0.1) is 5.25 Å². The Morgan fingerprint density at radius 1 is 1.00 bits per heavy atom. The van der Waals surface area contributed by atoms with Crippen molar-refractivity contribution < 1.29 is 4.79 Å². The number of thioether (sulfide) groups is 1. The quantitative estimate of drug-likeness (QED) is 0.814. The molecule has 0 aromatic heterocycles. The van der Waals surface area contributed by atoms with Crippen molar-refractivity contribution in [2.45, 2.75) is 29.9 Å². The molecule has 0 N–H and O–H groups in total. The molecule has 106 valence electrons. The van der Waals surface area contributed by atoms with Gasteiger partial charge in [0.2, 0.25) is 0 Å². The molecular formula is C19H18OS. The van der Waals surface area contributed by atoms with E-state index in [0.717, 1.165) is 18.4 Å². The summed E-state index contributed by atoms with van der Waals surface area (Å²) >= 11 is 1.69. The topological polar surface area (TPSA) is 17.1 Å². The molecule has 0 fully saturated rings. The van der Waals surface area contributed by atoms with Crippen molar-refractivity contribution >= 4 is 17.5 Å². The van der Waals surface area contributed by atoms with Gasteiger partial charge in [-0.15, -0.1) is 11.8 Å². The van der Waals surface area contributed by atoms with Crippen molar-refractivity contribution in [3.63, 3.8) is 0 Å². The lowest BCUT2D eigenvalue weighted by Gasteiger charge is -2.09. The molecule has 1 atom stereocenters. The van der Waals surface area contributed by atoms with Crippen molar-refractivity contribution in [3.05, 3.63) is 77.4 Å².